The zero-order valence-electron chi connectivity index (χ0n) is 12.9. The molecule has 1 aliphatic heterocycles. The Kier molecular flexibility index (Phi) is 5.59. The molecule has 1 aromatic heterocycles. The number of nitrogens with zero attached hydrogens (tertiary/aromatic N) is 3. The summed E-state index contributed by atoms with van der Waals surface area (Å²) in [7, 11) is 2.19. The van der Waals surface area contributed by atoms with Gasteiger partial charge in [0.1, 0.15) is 12.1 Å². The molecule has 1 aromatic rings. The van der Waals surface area contributed by atoms with Gasteiger partial charge in [0.05, 0.1) is 12.2 Å². The quantitative estimate of drug-likeness (QED) is 0.830. The fourth-order valence-corrected chi connectivity index (χ4v) is 2.64. The van der Waals surface area contributed by atoms with E-state index in [0.717, 1.165) is 37.4 Å². The van der Waals surface area contributed by atoms with Crippen LogP contribution >= 0.6 is 0 Å². The van der Waals surface area contributed by atoms with Crippen molar-refractivity contribution in [3.63, 3.8) is 0 Å². The molecule has 0 spiro atoms. The van der Waals surface area contributed by atoms with E-state index < -0.39 is 0 Å². The van der Waals surface area contributed by atoms with E-state index in [9.17, 15) is 0 Å². The Morgan fingerprint density at radius 2 is 2.30 bits per heavy atom. The summed E-state index contributed by atoms with van der Waals surface area (Å²) >= 11 is 0. The molecule has 1 saturated heterocycles. The molecule has 5 heteroatoms. The zero-order valence-corrected chi connectivity index (χ0v) is 12.9. The van der Waals surface area contributed by atoms with Crippen LogP contribution in [-0.4, -0.2) is 47.7 Å². The molecule has 1 N–H and O–H groups in total. The van der Waals surface area contributed by atoms with E-state index in [0.29, 0.717) is 11.9 Å². The molecule has 2 rings (SSSR count). The van der Waals surface area contributed by atoms with Crippen LogP contribution < -0.4 is 10.1 Å². The van der Waals surface area contributed by atoms with E-state index in [-0.39, 0.29) is 0 Å². The van der Waals surface area contributed by atoms with Crippen LogP contribution in [0.15, 0.2) is 6.33 Å². The third kappa shape index (κ3) is 3.82. The van der Waals surface area contributed by atoms with E-state index in [4.69, 9.17) is 4.74 Å². The highest BCUT2D eigenvalue weighted by molar-refractivity contribution is 5.47. The third-order valence-corrected chi connectivity index (χ3v) is 3.94. The molecule has 20 heavy (non-hydrogen) atoms. The second-order valence-electron chi connectivity index (χ2n) is 5.49. The van der Waals surface area contributed by atoms with E-state index in [2.05, 4.69) is 34.2 Å². The normalized spacial score (nSPS) is 19.2. The summed E-state index contributed by atoms with van der Waals surface area (Å²) in [6.07, 6.45) is 6.30. The molecule has 1 aliphatic rings. The number of hydrogen-bond acceptors (Lipinski definition) is 5. The van der Waals surface area contributed by atoms with Gasteiger partial charge in [0.15, 0.2) is 0 Å². The molecule has 1 fully saturated rings. The minimum Gasteiger partial charge on any atom is -0.477 e. The first-order valence-electron chi connectivity index (χ1n) is 7.61. The number of likely N-dealkylation sites (tertiary alicyclic amines) is 1. The van der Waals surface area contributed by atoms with Crippen LogP contribution in [0.1, 0.15) is 38.2 Å². The molecule has 1 unspecified atom stereocenters. The van der Waals surface area contributed by atoms with Crippen molar-refractivity contribution >= 4 is 5.82 Å². The Labute approximate surface area is 121 Å². The lowest BCUT2D eigenvalue weighted by Gasteiger charge is -2.19. The van der Waals surface area contributed by atoms with Crippen molar-refractivity contribution < 1.29 is 4.74 Å². The number of ether oxygens (including phenoxy) is 1. The van der Waals surface area contributed by atoms with Crippen molar-refractivity contribution in [1.29, 1.82) is 0 Å². The van der Waals surface area contributed by atoms with Gasteiger partial charge in [0.25, 0.3) is 0 Å². The Hall–Kier alpha value is -1.36. The van der Waals surface area contributed by atoms with Gasteiger partial charge in [0.2, 0.25) is 5.88 Å². The van der Waals surface area contributed by atoms with Gasteiger partial charge >= 0.3 is 0 Å². The van der Waals surface area contributed by atoms with Crippen molar-refractivity contribution in [3.8, 4) is 5.88 Å². The predicted octanol–water partition coefficient (Wildman–Crippen LogP) is 2.47. The molecular formula is C15H26N4O. The predicted molar refractivity (Wildman–Crippen MR) is 81.3 cm³/mol. The Morgan fingerprint density at radius 3 is 3.00 bits per heavy atom. The topological polar surface area (TPSA) is 50.3 Å². The monoisotopic (exact) mass is 278 g/mol. The molecule has 0 radical (unpaired) electrons. The largest absolute Gasteiger partial charge is 0.477 e. The van der Waals surface area contributed by atoms with Crippen LogP contribution in [0.4, 0.5) is 5.82 Å². The van der Waals surface area contributed by atoms with Crippen LogP contribution in [0.2, 0.25) is 0 Å². The van der Waals surface area contributed by atoms with Gasteiger partial charge in [-0.1, -0.05) is 6.92 Å². The number of anilines is 1. The van der Waals surface area contributed by atoms with E-state index in [1.165, 1.54) is 19.4 Å². The average molecular weight is 278 g/mol. The zero-order chi connectivity index (χ0) is 14.4. The molecule has 112 valence electrons. The molecule has 0 saturated carbocycles. The molecule has 5 nitrogen and oxygen atoms in total. The summed E-state index contributed by atoms with van der Waals surface area (Å²) in [5.74, 6) is 1.59. The summed E-state index contributed by atoms with van der Waals surface area (Å²) in [4.78, 5) is 10.9. The fourth-order valence-electron chi connectivity index (χ4n) is 2.64. The van der Waals surface area contributed by atoms with Gasteiger partial charge in [-0.3, -0.25) is 0 Å². The van der Waals surface area contributed by atoms with Crippen LogP contribution in [0.25, 0.3) is 0 Å². The Balaban J connectivity index is 1.85. The first kappa shape index (κ1) is 15.0. The molecular weight excluding hydrogens is 252 g/mol. The van der Waals surface area contributed by atoms with Crippen molar-refractivity contribution in [2.75, 3.05) is 32.1 Å². The lowest BCUT2D eigenvalue weighted by atomic mass is 10.1. The first-order chi connectivity index (χ1) is 9.72. The van der Waals surface area contributed by atoms with Crippen LogP contribution in [0, 0.1) is 6.92 Å². The lowest BCUT2D eigenvalue weighted by Crippen LogP contribution is -2.26. The van der Waals surface area contributed by atoms with Crippen LogP contribution in [0.5, 0.6) is 5.88 Å². The van der Waals surface area contributed by atoms with Gasteiger partial charge in [-0.25, -0.2) is 9.97 Å². The van der Waals surface area contributed by atoms with Gasteiger partial charge in [-0.15, -0.1) is 0 Å². The maximum absolute atomic E-state index is 5.85. The SMILES string of the molecule is CCCNc1ncnc(OCCC2CCCN2C)c1C. The second kappa shape index (κ2) is 7.43. The fraction of sp³-hybridized carbons (Fsp3) is 0.733. The third-order valence-electron chi connectivity index (χ3n) is 3.94. The van der Waals surface area contributed by atoms with Crippen LogP contribution in [-0.2, 0) is 0 Å². The standard InChI is InChI=1S/C15H26N4O/c1-4-8-16-14-12(2)15(18-11-17-14)20-10-7-13-6-5-9-19(13)3/h11,13H,4-10H2,1-3H3,(H,16,17,18). The molecule has 0 aromatic carbocycles. The number of hydrogen-bond donors (Lipinski definition) is 1. The van der Waals surface area contributed by atoms with Gasteiger partial charge in [-0.2, -0.15) is 0 Å². The molecule has 2 heterocycles. The molecule has 0 aliphatic carbocycles. The number of rotatable bonds is 7. The highest BCUT2D eigenvalue weighted by Gasteiger charge is 2.20. The molecule has 0 amide bonds. The van der Waals surface area contributed by atoms with Gasteiger partial charge in [0, 0.05) is 12.6 Å². The van der Waals surface area contributed by atoms with E-state index >= 15 is 0 Å². The number of nitrogens with one attached hydrogen (secondary N) is 1. The first-order valence-corrected chi connectivity index (χ1v) is 7.61. The molecule has 1 atom stereocenters. The maximum atomic E-state index is 5.85. The molecule has 0 bridgehead atoms. The van der Waals surface area contributed by atoms with Gasteiger partial charge < -0.3 is 15.0 Å². The average Bonchev–Trinajstić information content (AvgIpc) is 2.85. The van der Waals surface area contributed by atoms with E-state index in [1.807, 2.05) is 6.92 Å². The van der Waals surface area contributed by atoms with Crippen molar-refractivity contribution in [2.24, 2.45) is 0 Å². The second-order valence-corrected chi connectivity index (χ2v) is 5.49. The minimum absolute atomic E-state index is 0.662. The highest BCUT2D eigenvalue weighted by Crippen LogP contribution is 2.22. The van der Waals surface area contributed by atoms with Gasteiger partial charge in [-0.05, 0) is 46.2 Å². The highest BCUT2D eigenvalue weighted by atomic mass is 16.5. The lowest BCUT2D eigenvalue weighted by molar-refractivity contribution is 0.227. The van der Waals surface area contributed by atoms with Crippen LogP contribution in [0.3, 0.4) is 0 Å². The maximum Gasteiger partial charge on any atom is 0.221 e. The summed E-state index contributed by atoms with van der Waals surface area (Å²) < 4.78 is 5.85. The minimum atomic E-state index is 0.662. The van der Waals surface area contributed by atoms with Crippen molar-refractivity contribution in [3.05, 3.63) is 11.9 Å². The van der Waals surface area contributed by atoms with E-state index in [1.54, 1.807) is 6.33 Å². The Bertz CT molecular complexity index is 424. The Morgan fingerprint density at radius 1 is 1.45 bits per heavy atom. The van der Waals surface area contributed by atoms with Crippen molar-refractivity contribution in [1.82, 2.24) is 14.9 Å². The summed E-state index contributed by atoms with van der Waals surface area (Å²) in [6.45, 7) is 7.00. The summed E-state index contributed by atoms with van der Waals surface area (Å²) in [5, 5.41) is 3.30. The van der Waals surface area contributed by atoms with Crippen molar-refractivity contribution in [2.45, 2.75) is 45.6 Å². The summed E-state index contributed by atoms with van der Waals surface area (Å²) in [5.41, 5.74) is 1.00. The smallest absolute Gasteiger partial charge is 0.221 e. The summed E-state index contributed by atoms with van der Waals surface area (Å²) in [6, 6.07) is 0.662. The number of aromatic nitrogens is 2.